The molecule has 0 saturated heterocycles. The van der Waals surface area contributed by atoms with Crippen molar-refractivity contribution in [1.29, 1.82) is 0 Å². The van der Waals surface area contributed by atoms with Crippen molar-refractivity contribution in [2.75, 3.05) is 20.8 Å². The van der Waals surface area contributed by atoms with Gasteiger partial charge >= 0.3 is 0 Å². The number of carbonyl (C=O) groups is 1. The van der Waals surface area contributed by atoms with Gasteiger partial charge in [0.2, 0.25) is 5.91 Å². The standard InChI is InChI=1S/C16H26N2O3/c1-16(2,3)18-9-8-15(19)17-11-12-10-13(20-4)6-7-14(12)21-5/h6-7,10,18H,8-9,11H2,1-5H3,(H,17,19). The van der Waals surface area contributed by atoms with Crippen LogP contribution in [0.5, 0.6) is 11.5 Å². The lowest BCUT2D eigenvalue weighted by molar-refractivity contribution is -0.121. The largest absolute Gasteiger partial charge is 0.497 e. The number of amides is 1. The third kappa shape index (κ3) is 6.49. The van der Waals surface area contributed by atoms with Gasteiger partial charge in [0.15, 0.2) is 0 Å². The van der Waals surface area contributed by atoms with Crippen LogP contribution in [0.4, 0.5) is 0 Å². The Hall–Kier alpha value is -1.75. The molecule has 5 nitrogen and oxygen atoms in total. The number of carbonyl (C=O) groups excluding carboxylic acids is 1. The monoisotopic (exact) mass is 294 g/mol. The molecule has 2 N–H and O–H groups in total. The van der Waals surface area contributed by atoms with Crippen LogP contribution in [0.3, 0.4) is 0 Å². The molecule has 21 heavy (non-hydrogen) atoms. The summed E-state index contributed by atoms with van der Waals surface area (Å²) in [7, 11) is 3.22. The minimum Gasteiger partial charge on any atom is -0.497 e. The zero-order valence-corrected chi connectivity index (χ0v) is 13.6. The van der Waals surface area contributed by atoms with E-state index in [1.165, 1.54) is 0 Å². The number of nitrogens with one attached hydrogen (secondary N) is 2. The minimum absolute atomic E-state index is 0.0108. The lowest BCUT2D eigenvalue weighted by Crippen LogP contribution is -2.38. The molecule has 0 aromatic heterocycles. The van der Waals surface area contributed by atoms with E-state index in [2.05, 4.69) is 31.4 Å². The Morgan fingerprint density at radius 2 is 1.90 bits per heavy atom. The second kappa shape index (κ2) is 7.88. The van der Waals surface area contributed by atoms with Crippen LogP contribution in [0, 0.1) is 0 Å². The van der Waals surface area contributed by atoms with Crippen LogP contribution >= 0.6 is 0 Å². The Morgan fingerprint density at radius 1 is 1.19 bits per heavy atom. The third-order valence-electron chi connectivity index (χ3n) is 2.97. The van der Waals surface area contributed by atoms with Crippen LogP contribution in [0.1, 0.15) is 32.8 Å². The maximum absolute atomic E-state index is 11.8. The van der Waals surface area contributed by atoms with E-state index < -0.39 is 0 Å². The van der Waals surface area contributed by atoms with Gasteiger partial charge in [0.05, 0.1) is 14.2 Å². The molecule has 0 unspecified atom stereocenters. The lowest BCUT2D eigenvalue weighted by Gasteiger charge is -2.20. The molecule has 118 valence electrons. The number of hydrogen-bond acceptors (Lipinski definition) is 4. The van der Waals surface area contributed by atoms with Gasteiger partial charge in [-0.25, -0.2) is 0 Å². The molecule has 0 fully saturated rings. The van der Waals surface area contributed by atoms with Gasteiger partial charge in [0.25, 0.3) is 0 Å². The van der Waals surface area contributed by atoms with Gasteiger partial charge in [-0.1, -0.05) is 0 Å². The van der Waals surface area contributed by atoms with Crippen molar-refractivity contribution < 1.29 is 14.3 Å². The van der Waals surface area contributed by atoms with Crippen LogP contribution in [0.15, 0.2) is 18.2 Å². The fourth-order valence-electron chi connectivity index (χ4n) is 1.85. The Morgan fingerprint density at radius 3 is 2.48 bits per heavy atom. The lowest BCUT2D eigenvalue weighted by atomic mass is 10.1. The molecule has 0 radical (unpaired) electrons. The zero-order valence-electron chi connectivity index (χ0n) is 13.6. The van der Waals surface area contributed by atoms with Crippen molar-refractivity contribution in [3.05, 3.63) is 23.8 Å². The molecule has 1 aromatic rings. The fraction of sp³-hybridized carbons (Fsp3) is 0.562. The highest BCUT2D eigenvalue weighted by Crippen LogP contribution is 2.23. The highest BCUT2D eigenvalue weighted by Gasteiger charge is 2.10. The Bertz CT molecular complexity index is 467. The molecule has 0 aliphatic carbocycles. The third-order valence-corrected chi connectivity index (χ3v) is 2.97. The summed E-state index contributed by atoms with van der Waals surface area (Å²) in [6, 6.07) is 5.53. The first-order valence-corrected chi connectivity index (χ1v) is 7.08. The first-order valence-electron chi connectivity index (χ1n) is 7.08. The average Bonchev–Trinajstić information content (AvgIpc) is 2.43. The molecular weight excluding hydrogens is 268 g/mol. The maximum Gasteiger partial charge on any atom is 0.221 e. The van der Waals surface area contributed by atoms with Crippen molar-refractivity contribution in [3.8, 4) is 11.5 Å². The molecule has 0 atom stereocenters. The molecule has 0 aliphatic rings. The molecule has 5 heteroatoms. The number of ether oxygens (including phenoxy) is 2. The highest BCUT2D eigenvalue weighted by atomic mass is 16.5. The molecule has 0 heterocycles. The van der Waals surface area contributed by atoms with Crippen molar-refractivity contribution >= 4 is 5.91 Å². The second-order valence-corrected chi connectivity index (χ2v) is 5.88. The summed E-state index contributed by atoms with van der Waals surface area (Å²) in [4.78, 5) is 11.8. The number of methoxy groups -OCH3 is 2. The summed E-state index contributed by atoms with van der Waals surface area (Å²) < 4.78 is 10.5. The average molecular weight is 294 g/mol. The van der Waals surface area contributed by atoms with Gasteiger partial charge in [-0.05, 0) is 39.0 Å². The molecule has 0 aliphatic heterocycles. The molecule has 1 rings (SSSR count). The topological polar surface area (TPSA) is 59.6 Å². The van der Waals surface area contributed by atoms with Crippen LogP contribution < -0.4 is 20.1 Å². The molecule has 0 bridgehead atoms. The van der Waals surface area contributed by atoms with E-state index in [0.717, 1.165) is 17.1 Å². The van der Waals surface area contributed by atoms with Crippen molar-refractivity contribution in [2.45, 2.75) is 39.3 Å². The number of rotatable bonds is 7. The minimum atomic E-state index is 0.0108. The van der Waals surface area contributed by atoms with Crippen molar-refractivity contribution in [1.82, 2.24) is 10.6 Å². The first kappa shape index (κ1) is 17.3. The smallest absolute Gasteiger partial charge is 0.221 e. The fourth-order valence-corrected chi connectivity index (χ4v) is 1.85. The van der Waals surface area contributed by atoms with Crippen LogP contribution in [-0.2, 0) is 11.3 Å². The van der Waals surface area contributed by atoms with E-state index in [1.807, 2.05) is 18.2 Å². The molecule has 0 saturated carbocycles. The summed E-state index contributed by atoms with van der Waals surface area (Å²) in [6.07, 6.45) is 0.448. The Balaban J connectivity index is 2.49. The normalized spacial score (nSPS) is 11.1. The van der Waals surface area contributed by atoms with E-state index in [1.54, 1.807) is 14.2 Å². The van der Waals surface area contributed by atoms with E-state index in [4.69, 9.17) is 9.47 Å². The summed E-state index contributed by atoms with van der Waals surface area (Å²) in [6.45, 7) is 7.31. The predicted octanol–water partition coefficient (Wildman–Crippen LogP) is 2.10. The molecule has 1 amide bonds. The van der Waals surface area contributed by atoms with E-state index in [9.17, 15) is 4.79 Å². The SMILES string of the molecule is COc1ccc(OC)c(CNC(=O)CCNC(C)(C)C)c1. The van der Waals surface area contributed by atoms with Crippen LogP contribution in [0.2, 0.25) is 0 Å². The summed E-state index contributed by atoms with van der Waals surface area (Å²) in [5.74, 6) is 1.50. The Labute approximate surface area is 127 Å². The van der Waals surface area contributed by atoms with Gasteiger partial charge in [-0.3, -0.25) is 4.79 Å². The van der Waals surface area contributed by atoms with E-state index >= 15 is 0 Å². The molecular formula is C16H26N2O3. The van der Waals surface area contributed by atoms with Gasteiger partial charge in [0, 0.05) is 30.6 Å². The first-order chi connectivity index (χ1) is 9.85. The maximum atomic E-state index is 11.8. The van der Waals surface area contributed by atoms with E-state index in [0.29, 0.717) is 19.5 Å². The van der Waals surface area contributed by atoms with Crippen LogP contribution in [-0.4, -0.2) is 32.2 Å². The van der Waals surface area contributed by atoms with Crippen molar-refractivity contribution in [2.24, 2.45) is 0 Å². The molecule has 1 aromatic carbocycles. The highest BCUT2D eigenvalue weighted by molar-refractivity contribution is 5.76. The molecule has 0 spiro atoms. The van der Waals surface area contributed by atoms with Gasteiger partial charge in [0.1, 0.15) is 11.5 Å². The van der Waals surface area contributed by atoms with Crippen molar-refractivity contribution in [3.63, 3.8) is 0 Å². The Kier molecular flexibility index (Phi) is 6.49. The van der Waals surface area contributed by atoms with Crippen LogP contribution in [0.25, 0.3) is 0 Å². The second-order valence-electron chi connectivity index (χ2n) is 5.88. The number of hydrogen-bond donors (Lipinski definition) is 2. The summed E-state index contributed by atoms with van der Waals surface area (Å²) in [5.41, 5.74) is 0.921. The van der Waals surface area contributed by atoms with Gasteiger partial charge in [-0.15, -0.1) is 0 Å². The van der Waals surface area contributed by atoms with E-state index in [-0.39, 0.29) is 11.4 Å². The number of benzene rings is 1. The summed E-state index contributed by atoms with van der Waals surface area (Å²) in [5, 5.41) is 6.18. The van der Waals surface area contributed by atoms with Gasteiger partial charge < -0.3 is 20.1 Å². The zero-order chi connectivity index (χ0) is 15.9. The quantitative estimate of drug-likeness (QED) is 0.808. The summed E-state index contributed by atoms with van der Waals surface area (Å²) >= 11 is 0. The predicted molar refractivity (Wildman–Crippen MR) is 83.8 cm³/mol. The van der Waals surface area contributed by atoms with Gasteiger partial charge in [-0.2, -0.15) is 0 Å².